The number of rotatable bonds is 4. The Morgan fingerprint density at radius 2 is 1.47 bits per heavy atom. The van der Waals surface area contributed by atoms with Gasteiger partial charge in [0.2, 0.25) is 0 Å². The monoisotopic (exact) mass is 272 g/mol. The lowest BCUT2D eigenvalue weighted by Crippen LogP contribution is -1.94. The van der Waals surface area contributed by atoms with E-state index >= 15 is 0 Å². The van der Waals surface area contributed by atoms with E-state index in [0.717, 1.165) is 11.3 Å². The third-order valence-corrected chi connectivity index (χ3v) is 2.24. The molecule has 0 amide bonds. The summed E-state index contributed by atoms with van der Waals surface area (Å²) in [6, 6.07) is 3.65. The molecule has 1 rings (SSSR count). The third-order valence-electron chi connectivity index (χ3n) is 1.98. The molecule has 1 aromatic rings. The molecule has 0 saturated carbocycles. The summed E-state index contributed by atoms with van der Waals surface area (Å²) in [6.45, 7) is 0. The van der Waals surface area contributed by atoms with Gasteiger partial charge in [0, 0.05) is 11.6 Å². The highest BCUT2D eigenvalue weighted by Crippen LogP contribution is 2.35. The predicted octanol–water partition coefficient (Wildman–Crippen LogP) is 3.08. The first kappa shape index (κ1) is 11.9. The van der Waals surface area contributed by atoms with E-state index in [9.17, 15) is 0 Å². The lowest BCUT2D eigenvalue weighted by atomic mass is 10.1. The maximum absolute atomic E-state index is 5.23. The van der Waals surface area contributed by atoms with Crippen molar-refractivity contribution in [2.45, 2.75) is 0 Å². The van der Waals surface area contributed by atoms with Crippen molar-refractivity contribution in [3.8, 4) is 17.2 Å². The SMILES string of the molecule is COc1cc(OC)c(OC)cc1/C=C/Br. The second kappa shape index (κ2) is 5.66. The van der Waals surface area contributed by atoms with E-state index in [1.807, 2.05) is 12.1 Å². The van der Waals surface area contributed by atoms with Gasteiger partial charge in [0.25, 0.3) is 0 Å². The zero-order chi connectivity index (χ0) is 11.3. The summed E-state index contributed by atoms with van der Waals surface area (Å²) in [7, 11) is 4.82. The minimum atomic E-state index is 0.654. The first-order valence-electron chi connectivity index (χ1n) is 4.33. The molecule has 0 N–H and O–H groups in total. The lowest BCUT2D eigenvalue weighted by Gasteiger charge is -2.11. The fourth-order valence-corrected chi connectivity index (χ4v) is 1.54. The van der Waals surface area contributed by atoms with Crippen LogP contribution in [0.1, 0.15) is 5.56 Å². The van der Waals surface area contributed by atoms with Gasteiger partial charge < -0.3 is 14.2 Å². The van der Waals surface area contributed by atoms with Gasteiger partial charge in [-0.05, 0) is 17.1 Å². The van der Waals surface area contributed by atoms with E-state index in [1.54, 1.807) is 32.4 Å². The van der Waals surface area contributed by atoms with Crippen molar-refractivity contribution in [2.24, 2.45) is 0 Å². The summed E-state index contributed by atoms with van der Waals surface area (Å²) < 4.78 is 15.6. The van der Waals surface area contributed by atoms with Crippen LogP contribution in [0.4, 0.5) is 0 Å². The van der Waals surface area contributed by atoms with E-state index in [4.69, 9.17) is 14.2 Å². The minimum Gasteiger partial charge on any atom is -0.496 e. The van der Waals surface area contributed by atoms with E-state index in [2.05, 4.69) is 15.9 Å². The Morgan fingerprint density at radius 3 is 1.93 bits per heavy atom. The highest BCUT2D eigenvalue weighted by Gasteiger charge is 2.09. The van der Waals surface area contributed by atoms with Gasteiger partial charge in [-0.3, -0.25) is 0 Å². The maximum Gasteiger partial charge on any atom is 0.164 e. The zero-order valence-electron chi connectivity index (χ0n) is 8.91. The molecule has 0 fully saturated rings. The van der Waals surface area contributed by atoms with Crippen molar-refractivity contribution in [1.82, 2.24) is 0 Å². The molecule has 0 spiro atoms. The Morgan fingerprint density at radius 1 is 0.933 bits per heavy atom. The molecule has 0 heterocycles. The molecule has 0 aliphatic carbocycles. The fraction of sp³-hybridized carbons (Fsp3) is 0.273. The van der Waals surface area contributed by atoms with Crippen LogP contribution in [-0.4, -0.2) is 21.3 Å². The quantitative estimate of drug-likeness (QED) is 0.843. The van der Waals surface area contributed by atoms with E-state index in [1.165, 1.54) is 0 Å². The van der Waals surface area contributed by atoms with Crippen LogP contribution in [0.25, 0.3) is 6.08 Å². The Labute approximate surface area is 97.8 Å². The van der Waals surface area contributed by atoms with Crippen LogP contribution in [0, 0.1) is 0 Å². The van der Waals surface area contributed by atoms with E-state index < -0.39 is 0 Å². The van der Waals surface area contributed by atoms with Gasteiger partial charge in [0.05, 0.1) is 21.3 Å². The molecule has 0 bridgehead atoms. The van der Waals surface area contributed by atoms with Crippen LogP contribution in [0.5, 0.6) is 17.2 Å². The average molecular weight is 273 g/mol. The van der Waals surface area contributed by atoms with Gasteiger partial charge in [-0.1, -0.05) is 15.9 Å². The molecular formula is C11H13BrO3. The van der Waals surface area contributed by atoms with Gasteiger partial charge in [-0.2, -0.15) is 0 Å². The first-order valence-corrected chi connectivity index (χ1v) is 5.25. The van der Waals surface area contributed by atoms with E-state index in [-0.39, 0.29) is 0 Å². The summed E-state index contributed by atoms with van der Waals surface area (Å²) in [5.74, 6) is 2.07. The Balaban J connectivity index is 3.27. The molecule has 4 heteroatoms. The second-order valence-electron chi connectivity index (χ2n) is 2.74. The smallest absolute Gasteiger partial charge is 0.164 e. The first-order chi connectivity index (χ1) is 7.26. The summed E-state index contributed by atoms with van der Waals surface area (Å²) >= 11 is 3.22. The molecule has 3 nitrogen and oxygen atoms in total. The Hall–Kier alpha value is -1.16. The third kappa shape index (κ3) is 2.65. The molecular weight excluding hydrogens is 260 g/mol. The van der Waals surface area contributed by atoms with E-state index in [0.29, 0.717) is 11.5 Å². The molecule has 0 saturated heterocycles. The predicted molar refractivity (Wildman–Crippen MR) is 64.1 cm³/mol. The lowest BCUT2D eigenvalue weighted by molar-refractivity contribution is 0.348. The van der Waals surface area contributed by atoms with Crippen LogP contribution in [0.15, 0.2) is 17.1 Å². The second-order valence-corrected chi connectivity index (χ2v) is 3.27. The van der Waals surface area contributed by atoms with Crippen molar-refractivity contribution in [3.63, 3.8) is 0 Å². The van der Waals surface area contributed by atoms with Crippen LogP contribution < -0.4 is 14.2 Å². The normalized spacial score (nSPS) is 10.4. The largest absolute Gasteiger partial charge is 0.496 e. The zero-order valence-corrected chi connectivity index (χ0v) is 10.5. The molecule has 0 aliphatic heterocycles. The number of methoxy groups -OCH3 is 3. The van der Waals surface area contributed by atoms with Crippen molar-refractivity contribution < 1.29 is 14.2 Å². The summed E-state index contributed by atoms with van der Waals surface area (Å²) in [5, 5.41) is 0. The van der Waals surface area contributed by atoms with Crippen molar-refractivity contribution in [1.29, 1.82) is 0 Å². The van der Waals surface area contributed by atoms with Crippen molar-refractivity contribution >= 4 is 22.0 Å². The van der Waals surface area contributed by atoms with Crippen LogP contribution in [-0.2, 0) is 0 Å². The van der Waals surface area contributed by atoms with Gasteiger partial charge in [0.1, 0.15) is 5.75 Å². The summed E-state index contributed by atoms with van der Waals surface area (Å²) in [6.07, 6.45) is 1.88. The summed E-state index contributed by atoms with van der Waals surface area (Å²) in [5.41, 5.74) is 0.923. The molecule has 0 aromatic heterocycles. The van der Waals surface area contributed by atoms with Crippen LogP contribution in [0.2, 0.25) is 0 Å². The van der Waals surface area contributed by atoms with Gasteiger partial charge >= 0.3 is 0 Å². The molecule has 0 unspecified atom stereocenters. The van der Waals surface area contributed by atoms with Gasteiger partial charge in [-0.25, -0.2) is 0 Å². The number of ether oxygens (including phenoxy) is 3. The number of halogens is 1. The van der Waals surface area contributed by atoms with Gasteiger partial charge in [0.15, 0.2) is 11.5 Å². The molecule has 1 aromatic carbocycles. The Kier molecular flexibility index (Phi) is 4.49. The van der Waals surface area contributed by atoms with Crippen molar-refractivity contribution in [2.75, 3.05) is 21.3 Å². The van der Waals surface area contributed by atoms with Gasteiger partial charge in [-0.15, -0.1) is 0 Å². The standard InChI is InChI=1S/C11H13BrO3/c1-13-9-7-11(15-3)10(14-2)6-8(9)4-5-12/h4-7H,1-3H3/b5-4+. The average Bonchev–Trinajstić information content (AvgIpc) is 2.28. The molecule has 15 heavy (non-hydrogen) atoms. The molecule has 0 atom stereocenters. The fourth-order valence-electron chi connectivity index (χ4n) is 1.25. The van der Waals surface area contributed by atoms with Crippen LogP contribution in [0.3, 0.4) is 0 Å². The number of benzene rings is 1. The molecule has 82 valence electrons. The number of hydrogen-bond acceptors (Lipinski definition) is 3. The number of hydrogen-bond donors (Lipinski definition) is 0. The Bertz CT molecular complexity index is 361. The molecule has 0 radical (unpaired) electrons. The maximum atomic E-state index is 5.23. The van der Waals surface area contributed by atoms with Crippen LogP contribution >= 0.6 is 15.9 Å². The summed E-state index contributed by atoms with van der Waals surface area (Å²) in [4.78, 5) is 1.76. The highest BCUT2D eigenvalue weighted by atomic mass is 79.9. The molecule has 0 aliphatic rings. The highest BCUT2D eigenvalue weighted by molar-refractivity contribution is 9.11. The minimum absolute atomic E-state index is 0.654. The van der Waals surface area contributed by atoms with Crippen molar-refractivity contribution in [3.05, 3.63) is 22.7 Å². The topological polar surface area (TPSA) is 27.7 Å².